The Balaban J connectivity index is 0. The maximum Gasteiger partial charge on any atom is 0.500 e. The summed E-state index contributed by atoms with van der Waals surface area (Å²) in [5, 5.41) is 0. The van der Waals surface area contributed by atoms with Gasteiger partial charge in [0, 0.05) is 27.4 Å². The Bertz CT molecular complexity index is 151. The Morgan fingerprint density at radius 3 is 1.59 bits per heavy atom. The predicted octanol–water partition coefficient (Wildman–Crippen LogP) is 2.59. The van der Waals surface area contributed by atoms with Crippen molar-refractivity contribution < 1.29 is 13.3 Å². The van der Waals surface area contributed by atoms with E-state index in [1.165, 1.54) is 25.7 Å². The molecule has 0 heterocycles. The second-order valence-electron chi connectivity index (χ2n) is 3.96. The topological polar surface area (TPSA) is 53.7 Å². The van der Waals surface area contributed by atoms with Gasteiger partial charge in [0.25, 0.3) is 0 Å². The lowest BCUT2D eigenvalue weighted by Crippen LogP contribution is -2.42. The molecule has 0 aromatic rings. The first-order valence-electron chi connectivity index (χ1n) is 6.10. The molecule has 0 unspecified atom stereocenters. The minimum Gasteiger partial charge on any atom is -0.377 e. The molecule has 6 heteroatoms. The lowest BCUT2D eigenvalue weighted by atomic mass is 10.1. The van der Waals surface area contributed by atoms with Crippen molar-refractivity contribution >= 4 is 21.2 Å². The molecule has 0 saturated heterocycles. The first-order valence-corrected chi connectivity index (χ1v) is 8.03. The summed E-state index contributed by atoms with van der Waals surface area (Å²) in [5.74, 6) is 0. The fourth-order valence-corrected chi connectivity index (χ4v) is 3.54. The monoisotopic (exact) mass is 285 g/mol. The van der Waals surface area contributed by atoms with E-state index in [0.717, 1.165) is 25.4 Å². The smallest absolute Gasteiger partial charge is 0.377 e. The molecule has 0 spiro atoms. The zero-order valence-electron chi connectivity index (χ0n) is 11.4. The summed E-state index contributed by atoms with van der Waals surface area (Å²) in [6.45, 7) is 0.813. The largest absolute Gasteiger partial charge is 0.500 e. The molecule has 4 nitrogen and oxygen atoms in total. The van der Waals surface area contributed by atoms with Gasteiger partial charge >= 0.3 is 8.80 Å². The van der Waals surface area contributed by atoms with E-state index < -0.39 is 8.80 Å². The van der Waals surface area contributed by atoms with Crippen LogP contribution in [-0.4, -0.2) is 36.7 Å². The van der Waals surface area contributed by atoms with Crippen LogP contribution in [0.4, 0.5) is 0 Å². The van der Waals surface area contributed by atoms with Crippen LogP contribution in [0, 0.1) is 0 Å². The Morgan fingerprint density at radius 2 is 1.18 bits per heavy atom. The molecule has 0 radical (unpaired) electrons. The molecule has 0 aliphatic carbocycles. The number of unbranched alkanes of at least 4 members (excludes halogenated alkanes) is 5. The summed E-state index contributed by atoms with van der Waals surface area (Å²) in [6.07, 6.45) is 7.27. The minimum atomic E-state index is -2.31. The van der Waals surface area contributed by atoms with Crippen LogP contribution >= 0.6 is 12.4 Å². The van der Waals surface area contributed by atoms with E-state index in [0.29, 0.717) is 0 Å². The van der Waals surface area contributed by atoms with Gasteiger partial charge in [-0.3, -0.25) is 0 Å². The quantitative estimate of drug-likeness (QED) is 0.468. The molecule has 0 aromatic carbocycles. The fourth-order valence-electron chi connectivity index (χ4n) is 1.75. The second kappa shape index (κ2) is 12.8. The van der Waals surface area contributed by atoms with Gasteiger partial charge in [-0.25, -0.2) is 0 Å². The molecule has 0 aromatic heterocycles. The average molecular weight is 286 g/mol. The first-order chi connectivity index (χ1) is 7.74. The van der Waals surface area contributed by atoms with Gasteiger partial charge in [-0.1, -0.05) is 25.7 Å². The highest BCUT2D eigenvalue weighted by Crippen LogP contribution is 2.17. The van der Waals surface area contributed by atoms with Crippen molar-refractivity contribution in [2.75, 3.05) is 27.9 Å². The van der Waals surface area contributed by atoms with E-state index in [4.69, 9.17) is 19.0 Å². The van der Waals surface area contributed by atoms with Crippen LogP contribution < -0.4 is 5.73 Å². The number of halogens is 1. The molecule has 0 fully saturated rings. The number of hydrogen-bond acceptors (Lipinski definition) is 4. The summed E-state index contributed by atoms with van der Waals surface area (Å²) >= 11 is 0. The first kappa shape index (κ1) is 19.7. The Hall–Kier alpha value is 0.347. The number of hydrogen-bond donors (Lipinski definition) is 1. The van der Waals surface area contributed by atoms with Gasteiger partial charge in [-0.2, -0.15) is 0 Å². The van der Waals surface area contributed by atoms with Crippen LogP contribution in [0.15, 0.2) is 0 Å². The standard InChI is InChI=1S/C11H27NO3Si.ClH/c1-13-16(14-2,15-3)11-9-7-5-4-6-8-10-12;/h4-12H2,1-3H3;1H. The lowest BCUT2D eigenvalue weighted by molar-refractivity contribution is 0.122. The maximum absolute atomic E-state index is 5.44. The van der Waals surface area contributed by atoms with Gasteiger partial charge in [0.1, 0.15) is 0 Å². The highest BCUT2D eigenvalue weighted by atomic mass is 35.5. The van der Waals surface area contributed by atoms with Crippen molar-refractivity contribution in [1.82, 2.24) is 0 Å². The van der Waals surface area contributed by atoms with E-state index in [-0.39, 0.29) is 12.4 Å². The summed E-state index contributed by atoms with van der Waals surface area (Å²) in [4.78, 5) is 0. The second-order valence-corrected chi connectivity index (χ2v) is 7.05. The van der Waals surface area contributed by atoms with Crippen molar-refractivity contribution in [3.63, 3.8) is 0 Å². The summed E-state index contributed by atoms with van der Waals surface area (Å²) in [6, 6.07) is 0.910. The third kappa shape index (κ3) is 8.99. The van der Waals surface area contributed by atoms with E-state index in [1.807, 2.05) is 0 Å². The Morgan fingerprint density at radius 1 is 0.765 bits per heavy atom. The van der Waals surface area contributed by atoms with Gasteiger partial charge in [0.15, 0.2) is 0 Å². The van der Waals surface area contributed by atoms with Crippen molar-refractivity contribution in [3.05, 3.63) is 0 Å². The highest BCUT2D eigenvalue weighted by Gasteiger charge is 2.36. The summed E-state index contributed by atoms with van der Waals surface area (Å²) in [7, 11) is 2.69. The minimum absolute atomic E-state index is 0. The van der Waals surface area contributed by atoms with Gasteiger partial charge in [-0.15, -0.1) is 12.4 Å². The molecule has 0 bridgehead atoms. The van der Waals surface area contributed by atoms with E-state index >= 15 is 0 Å². The maximum atomic E-state index is 5.44. The molecule has 2 N–H and O–H groups in total. The fraction of sp³-hybridized carbons (Fsp3) is 1.00. The normalized spacial score (nSPS) is 11.3. The average Bonchev–Trinajstić information content (AvgIpc) is 2.34. The number of rotatable bonds is 11. The summed E-state index contributed by atoms with van der Waals surface area (Å²) in [5.41, 5.74) is 5.44. The van der Waals surface area contributed by atoms with E-state index in [9.17, 15) is 0 Å². The molecule has 0 aliphatic heterocycles. The van der Waals surface area contributed by atoms with Crippen molar-refractivity contribution in [3.8, 4) is 0 Å². The molecule has 106 valence electrons. The van der Waals surface area contributed by atoms with Crippen LogP contribution in [0.3, 0.4) is 0 Å². The van der Waals surface area contributed by atoms with Gasteiger partial charge in [0.05, 0.1) is 0 Å². The van der Waals surface area contributed by atoms with Crippen LogP contribution in [0.5, 0.6) is 0 Å². The van der Waals surface area contributed by atoms with Crippen LogP contribution in [0.25, 0.3) is 0 Å². The van der Waals surface area contributed by atoms with Crippen LogP contribution in [0.1, 0.15) is 38.5 Å². The molecule has 0 atom stereocenters. The third-order valence-electron chi connectivity index (χ3n) is 2.87. The lowest BCUT2D eigenvalue weighted by Gasteiger charge is -2.24. The van der Waals surface area contributed by atoms with Crippen LogP contribution in [0.2, 0.25) is 6.04 Å². The Kier molecular flexibility index (Phi) is 14.8. The molecular weight excluding hydrogens is 258 g/mol. The van der Waals surface area contributed by atoms with Gasteiger partial charge in [-0.05, 0) is 19.4 Å². The van der Waals surface area contributed by atoms with E-state index in [2.05, 4.69) is 0 Å². The molecule has 17 heavy (non-hydrogen) atoms. The van der Waals surface area contributed by atoms with Crippen molar-refractivity contribution in [2.24, 2.45) is 5.73 Å². The molecule has 0 aliphatic rings. The van der Waals surface area contributed by atoms with Crippen molar-refractivity contribution in [1.29, 1.82) is 0 Å². The molecule has 0 amide bonds. The molecule has 0 rings (SSSR count). The zero-order valence-corrected chi connectivity index (χ0v) is 13.2. The predicted molar refractivity (Wildman–Crippen MR) is 75.6 cm³/mol. The Labute approximate surface area is 113 Å². The van der Waals surface area contributed by atoms with Crippen molar-refractivity contribution in [2.45, 2.75) is 44.6 Å². The zero-order chi connectivity index (χ0) is 12.3. The summed E-state index contributed by atoms with van der Waals surface area (Å²) < 4.78 is 16.1. The number of nitrogens with two attached hydrogens (primary N) is 1. The third-order valence-corrected chi connectivity index (χ3v) is 5.70. The highest BCUT2D eigenvalue weighted by molar-refractivity contribution is 6.60. The van der Waals surface area contributed by atoms with Gasteiger partial charge in [0.2, 0.25) is 0 Å². The molecular formula is C11H28ClNO3Si. The SMILES string of the molecule is CO[Si](CCCCCCCCN)(OC)OC.Cl. The van der Waals surface area contributed by atoms with Crippen LogP contribution in [-0.2, 0) is 13.3 Å². The molecule has 0 saturated carbocycles. The van der Waals surface area contributed by atoms with E-state index in [1.54, 1.807) is 21.3 Å². The van der Waals surface area contributed by atoms with Gasteiger partial charge < -0.3 is 19.0 Å².